The Bertz CT molecular complexity index is 858. The minimum atomic E-state index is -1.09. The molecule has 160 valence electrons. The van der Waals surface area contributed by atoms with Crippen molar-refractivity contribution in [2.75, 3.05) is 6.61 Å². The van der Waals surface area contributed by atoms with Crippen molar-refractivity contribution in [3.05, 3.63) is 17.0 Å². The maximum absolute atomic E-state index is 11.4. The van der Waals surface area contributed by atoms with Gasteiger partial charge in [-0.1, -0.05) is 33.5 Å². The zero-order valence-corrected chi connectivity index (χ0v) is 19.4. The van der Waals surface area contributed by atoms with Gasteiger partial charge in [-0.15, -0.1) is 0 Å². The number of carbonyl (C=O) groups excluding carboxylic acids is 1. The van der Waals surface area contributed by atoms with Crippen LogP contribution in [-0.4, -0.2) is 41.3 Å². The molecule has 7 heteroatoms. The highest BCUT2D eigenvalue weighted by molar-refractivity contribution is 6.76. The van der Waals surface area contributed by atoms with Crippen LogP contribution >= 0.6 is 0 Å². The Kier molecular flexibility index (Phi) is 4.85. The predicted octanol–water partition coefficient (Wildman–Crippen LogP) is 4.32. The number of ketones is 1. The molecule has 1 aromatic heterocycles. The summed E-state index contributed by atoms with van der Waals surface area (Å²) in [6.07, 6.45) is 5.21. The Hall–Kier alpha value is -1.47. The Balaban J connectivity index is 0.000000211. The third-order valence-corrected chi connectivity index (χ3v) is 9.16. The molecule has 0 aliphatic heterocycles. The molecule has 4 unspecified atom stereocenters. The molecular formula is C22H34N2O4Si. The van der Waals surface area contributed by atoms with Gasteiger partial charge in [0.05, 0.1) is 0 Å². The van der Waals surface area contributed by atoms with Gasteiger partial charge in [-0.25, -0.2) is 9.48 Å². The highest BCUT2D eigenvalue weighted by Gasteiger charge is 2.59. The second-order valence-electron chi connectivity index (χ2n) is 11.3. The van der Waals surface area contributed by atoms with Gasteiger partial charge in [-0.2, -0.15) is 5.10 Å². The van der Waals surface area contributed by atoms with Gasteiger partial charge in [0.1, 0.15) is 12.5 Å². The smallest absolute Gasteiger partial charge is 0.356 e. The van der Waals surface area contributed by atoms with E-state index in [4.69, 9.17) is 4.74 Å². The Morgan fingerprint density at radius 1 is 1.24 bits per heavy atom. The molecule has 29 heavy (non-hydrogen) atoms. The lowest BCUT2D eigenvalue weighted by Gasteiger charge is -2.15. The monoisotopic (exact) mass is 418 g/mol. The zero-order chi connectivity index (χ0) is 21.2. The van der Waals surface area contributed by atoms with Crippen LogP contribution in [0.1, 0.15) is 67.2 Å². The summed E-state index contributed by atoms with van der Waals surface area (Å²) in [6, 6.07) is 1.11. The summed E-state index contributed by atoms with van der Waals surface area (Å²) in [5, 5.41) is 13.6. The average molecular weight is 419 g/mol. The quantitative estimate of drug-likeness (QED) is 0.550. The van der Waals surface area contributed by atoms with Crippen LogP contribution in [-0.2, 0) is 22.7 Å². The number of carbonyl (C=O) groups is 2. The maximum atomic E-state index is 11.4. The van der Waals surface area contributed by atoms with Gasteiger partial charge >= 0.3 is 5.97 Å². The highest BCUT2D eigenvalue weighted by atomic mass is 28.3. The molecule has 1 heterocycles. The van der Waals surface area contributed by atoms with Crippen LogP contribution in [0.2, 0.25) is 25.7 Å². The van der Waals surface area contributed by atoms with Crippen LogP contribution in [0.4, 0.5) is 0 Å². The molecule has 0 radical (unpaired) electrons. The van der Waals surface area contributed by atoms with E-state index in [1.165, 1.54) is 6.42 Å². The number of aromatic nitrogens is 2. The summed E-state index contributed by atoms with van der Waals surface area (Å²) in [5.41, 5.74) is 3.04. The third-order valence-electron chi connectivity index (χ3n) is 7.45. The lowest BCUT2D eigenvalue weighted by atomic mass is 10.0. The van der Waals surface area contributed by atoms with Crippen molar-refractivity contribution in [2.24, 2.45) is 16.7 Å². The molecular weight excluding hydrogens is 384 g/mol. The molecule has 5 rings (SSSR count). The van der Waals surface area contributed by atoms with Gasteiger partial charge < -0.3 is 9.84 Å². The van der Waals surface area contributed by atoms with Crippen LogP contribution < -0.4 is 0 Å². The Morgan fingerprint density at radius 2 is 1.93 bits per heavy atom. The minimum absolute atomic E-state index is 0.229. The molecule has 0 aromatic carbocycles. The first kappa shape index (κ1) is 20.8. The molecule has 4 aliphatic carbocycles. The summed E-state index contributed by atoms with van der Waals surface area (Å²) < 4.78 is 7.55. The Morgan fingerprint density at radius 3 is 2.41 bits per heavy atom. The minimum Gasteiger partial charge on any atom is -0.476 e. The fraction of sp³-hybridized carbons (Fsp3) is 0.773. The van der Waals surface area contributed by atoms with Crippen LogP contribution in [0, 0.1) is 16.7 Å². The third kappa shape index (κ3) is 3.95. The van der Waals surface area contributed by atoms with Crippen molar-refractivity contribution in [1.29, 1.82) is 0 Å². The van der Waals surface area contributed by atoms with E-state index in [2.05, 4.69) is 38.6 Å². The molecule has 0 bridgehead atoms. The van der Waals surface area contributed by atoms with Gasteiger partial charge in [0, 0.05) is 44.2 Å². The van der Waals surface area contributed by atoms with Crippen molar-refractivity contribution in [3.63, 3.8) is 0 Å². The van der Waals surface area contributed by atoms with Crippen LogP contribution in [0.3, 0.4) is 0 Å². The Labute approximate surface area is 174 Å². The van der Waals surface area contributed by atoms with Crippen molar-refractivity contribution in [3.8, 4) is 0 Å². The fourth-order valence-electron chi connectivity index (χ4n) is 5.08. The largest absolute Gasteiger partial charge is 0.476 e. The second kappa shape index (κ2) is 6.77. The number of aromatic carboxylic acids is 1. The highest BCUT2D eigenvalue weighted by Crippen LogP contribution is 2.66. The van der Waals surface area contributed by atoms with Crippen molar-refractivity contribution >= 4 is 19.8 Å². The van der Waals surface area contributed by atoms with Gasteiger partial charge in [0.15, 0.2) is 5.69 Å². The molecule has 0 amide bonds. The van der Waals surface area contributed by atoms with Crippen LogP contribution in [0.5, 0.6) is 0 Å². The van der Waals surface area contributed by atoms with Crippen molar-refractivity contribution in [2.45, 2.75) is 84.3 Å². The van der Waals surface area contributed by atoms with E-state index in [1.54, 1.807) is 4.68 Å². The van der Waals surface area contributed by atoms with Gasteiger partial charge in [-0.05, 0) is 42.6 Å². The summed E-state index contributed by atoms with van der Waals surface area (Å²) in [4.78, 5) is 22.2. The summed E-state index contributed by atoms with van der Waals surface area (Å²) >= 11 is 0. The first-order chi connectivity index (χ1) is 13.4. The zero-order valence-electron chi connectivity index (χ0n) is 18.4. The van der Waals surface area contributed by atoms with E-state index < -0.39 is 14.0 Å². The fourth-order valence-corrected chi connectivity index (χ4v) is 5.84. The molecule has 1 N–H and O–H groups in total. The van der Waals surface area contributed by atoms with Crippen LogP contribution in [0.15, 0.2) is 0 Å². The standard InChI is InChI=1S/C15H24N2O3Si.C7H10O/c1-15-7-10-12(14(18)19)16-17(13(10)11(15)8-15)9-20-5-6-21(2,3)4;1-7-3-2-6(8)5(7)4-7/h11H,5-9H2,1-4H3,(H,18,19);5H,2-4H2,1H3. The molecule has 4 aliphatic rings. The number of carboxylic acid groups (broad SMARTS) is 1. The molecule has 4 atom stereocenters. The van der Waals surface area contributed by atoms with Gasteiger partial charge in [0.25, 0.3) is 0 Å². The number of nitrogens with zero attached hydrogens (tertiary/aromatic N) is 2. The number of carboxylic acids is 1. The summed E-state index contributed by atoms with van der Waals surface area (Å²) in [7, 11) is -1.09. The van der Waals surface area contributed by atoms with Crippen molar-refractivity contribution in [1.82, 2.24) is 9.78 Å². The number of Topliss-reactive ketones (excluding diaryl/α,β-unsaturated/α-hetero) is 1. The van der Waals surface area contributed by atoms with Crippen molar-refractivity contribution < 1.29 is 19.4 Å². The topological polar surface area (TPSA) is 81.4 Å². The van der Waals surface area contributed by atoms with Gasteiger partial charge in [-0.3, -0.25) is 4.79 Å². The van der Waals surface area contributed by atoms with Gasteiger partial charge in [0.2, 0.25) is 0 Å². The van der Waals surface area contributed by atoms with E-state index >= 15 is 0 Å². The number of hydrogen-bond donors (Lipinski definition) is 1. The van der Waals surface area contributed by atoms with Crippen LogP contribution in [0.25, 0.3) is 0 Å². The van der Waals surface area contributed by atoms with E-state index in [1.807, 2.05) is 0 Å². The molecule has 0 saturated heterocycles. The maximum Gasteiger partial charge on any atom is 0.356 e. The van der Waals surface area contributed by atoms with E-state index in [0.717, 1.165) is 49.6 Å². The summed E-state index contributed by atoms with van der Waals surface area (Å²) in [6.45, 7) is 12.5. The molecule has 3 saturated carbocycles. The number of rotatable bonds is 6. The lowest BCUT2D eigenvalue weighted by molar-refractivity contribution is -0.119. The molecule has 0 spiro atoms. The normalized spacial score (nSPS) is 33.5. The first-order valence-corrected chi connectivity index (χ1v) is 14.6. The first-order valence-electron chi connectivity index (χ1n) is 10.9. The van der Waals surface area contributed by atoms with E-state index in [-0.39, 0.29) is 11.1 Å². The number of ether oxygens (including phenoxy) is 1. The molecule has 3 fully saturated rings. The predicted molar refractivity (Wildman–Crippen MR) is 113 cm³/mol. The lowest BCUT2D eigenvalue weighted by Crippen LogP contribution is -2.22. The second-order valence-corrected chi connectivity index (χ2v) is 17.0. The number of fused-ring (bicyclic) bond motifs is 4. The molecule has 1 aromatic rings. The number of hydrogen-bond acceptors (Lipinski definition) is 4. The molecule has 6 nitrogen and oxygen atoms in total. The van der Waals surface area contributed by atoms with E-state index in [9.17, 15) is 14.7 Å². The summed E-state index contributed by atoms with van der Waals surface area (Å²) in [5.74, 6) is 0.570. The van der Waals surface area contributed by atoms with E-state index in [0.29, 0.717) is 29.8 Å². The average Bonchev–Trinajstić information content (AvgIpc) is 3.33. The SMILES string of the molecule is CC12CCC(=O)C1C2.CC12Cc3c(C(=O)O)nn(COCC[Si](C)(C)C)c3C1C2.